The molecule has 438 valence electrons. The van der Waals surface area contributed by atoms with Gasteiger partial charge in [0.1, 0.15) is 12.7 Å². The highest BCUT2D eigenvalue weighted by Crippen LogP contribution is 2.43. The molecule has 0 radical (unpaired) electrons. The summed E-state index contributed by atoms with van der Waals surface area (Å²) in [6.07, 6.45) is 66.8. The van der Waals surface area contributed by atoms with Crippen molar-refractivity contribution >= 4 is 25.7 Å². The Kier molecular flexibility index (Phi) is 55.3. The van der Waals surface area contributed by atoms with Crippen LogP contribution in [0.5, 0.6) is 0 Å². The van der Waals surface area contributed by atoms with Gasteiger partial charge in [0.2, 0.25) is 0 Å². The molecule has 12 heteroatoms. The second-order valence-corrected chi connectivity index (χ2v) is 21.6. The van der Waals surface area contributed by atoms with Gasteiger partial charge in [0.05, 0.1) is 19.8 Å². The van der Waals surface area contributed by atoms with Crippen molar-refractivity contribution in [2.45, 2.75) is 277 Å². The molecule has 0 aliphatic heterocycles. The van der Waals surface area contributed by atoms with E-state index in [4.69, 9.17) is 23.3 Å². The van der Waals surface area contributed by atoms with Crippen LogP contribution in [0.15, 0.2) is 85.1 Å². The van der Waals surface area contributed by atoms with E-state index < -0.39 is 57.8 Å². The largest absolute Gasteiger partial charge is 0.472 e. The Balaban J connectivity index is 4.72. The normalized spacial score (nSPS) is 13.9. The Morgan fingerprint density at radius 1 is 0.382 bits per heavy atom. The van der Waals surface area contributed by atoms with Gasteiger partial charge in [-0.25, -0.2) is 4.57 Å². The van der Waals surface area contributed by atoms with Gasteiger partial charge < -0.3 is 24.2 Å². The number of hydrogen-bond donors (Lipinski definition) is 2. The van der Waals surface area contributed by atoms with E-state index in [1.165, 1.54) is 83.5 Å². The highest BCUT2D eigenvalue weighted by molar-refractivity contribution is 7.47. The van der Waals surface area contributed by atoms with Crippen molar-refractivity contribution < 1.29 is 52.2 Å². The zero-order valence-corrected chi connectivity index (χ0v) is 49.3. The van der Waals surface area contributed by atoms with Crippen LogP contribution < -0.4 is 0 Å². The first kappa shape index (κ1) is 72.7. The van der Waals surface area contributed by atoms with Crippen molar-refractivity contribution in [3.63, 3.8) is 0 Å². The van der Waals surface area contributed by atoms with Crippen molar-refractivity contribution in [2.24, 2.45) is 0 Å². The van der Waals surface area contributed by atoms with Crippen LogP contribution in [0.2, 0.25) is 0 Å². The predicted octanol–water partition coefficient (Wildman–Crippen LogP) is 18.3. The molecule has 0 fully saturated rings. The van der Waals surface area contributed by atoms with Crippen LogP contribution in [-0.2, 0) is 42.2 Å². The molecule has 11 nitrogen and oxygen atoms in total. The molecule has 0 aromatic carbocycles. The molecule has 0 rings (SSSR count). The maximum Gasteiger partial charge on any atom is 0.472 e. The number of phosphoric ester groups is 1. The number of esters is 3. The molecule has 0 aliphatic carbocycles. The Morgan fingerprint density at radius 3 is 1.07 bits per heavy atom. The third-order valence-corrected chi connectivity index (χ3v) is 13.8. The lowest BCUT2D eigenvalue weighted by atomic mass is 10.0. The van der Waals surface area contributed by atoms with Crippen LogP contribution in [0, 0.1) is 0 Å². The second-order valence-electron chi connectivity index (χ2n) is 20.1. The van der Waals surface area contributed by atoms with Crippen molar-refractivity contribution in [2.75, 3.05) is 26.4 Å². The summed E-state index contributed by atoms with van der Waals surface area (Å²) in [5, 5.41) is 9.84. The monoisotopic (exact) mass is 1090 g/mol. The number of rotatable bonds is 56. The van der Waals surface area contributed by atoms with E-state index >= 15 is 0 Å². The quantitative estimate of drug-likeness (QED) is 0.0197. The van der Waals surface area contributed by atoms with E-state index in [-0.39, 0.29) is 25.9 Å². The number of carbonyl (C=O) groups excluding carboxylic acids is 3. The zero-order chi connectivity index (χ0) is 55.5. The average molecular weight is 1090 g/mol. The average Bonchev–Trinajstić information content (AvgIpc) is 3.41. The molecule has 76 heavy (non-hydrogen) atoms. The van der Waals surface area contributed by atoms with E-state index in [0.717, 1.165) is 122 Å². The minimum Gasteiger partial charge on any atom is -0.462 e. The molecule has 0 saturated heterocycles. The Bertz CT molecular complexity index is 1600. The van der Waals surface area contributed by atoms with Gasteiger partial charge in [-0.1, -0.05) is 241 Å². The molecule has 0 aliphatic rings. The lowest BCUT2D eigenvalue weighted by Gasteiger charge is -2.21. The first-order valence-corrected chi connectivity index (χ1v) is 32.0. The van der Waals surface area contributed by atoms with Gasteiger partial charge in [0.25, 0.3) is 0 Å². The van der Waals surface area contributed by atoms with E-state index in [1.54, 1.807) is 0 Å². The summed E-state index contributed by atoms with van der Waals surface area (Å²) >= 11 is 0. The number of ether oxygens (including phenoxy) is 3. The van der Waals surface area contributed by atoms with Gasteiger partial charge in [0, 0.05) is 19.3 Å². The maximum absolute atomic E-state index is 12.9. The molecule has 2 N–H and O–H groups in total. The summed E-state index contributed by atoms with van der Waals surface area (Å²) in [6.45, 7) is 4.40. The fourth-order valence-electron chi connectivity index (χ4n) is 8.25. The minimum atomic E-state index is -4.76. The van der Waals surface area contributed by atoms with Gasteiger partial charge >= 0.3 is 25.7 Å². The van der Waals surface area contributed by atoms with Crippen LogP contribution in [0.4, 0.5) is 0 Å². The van der Waals surface area contributed by atoms with E-state index in [9.17, 15) is 28.9 Å². The number of allylic oxidation sites excluding steroid dienone is 14. The van der Waals surface area contributed by atoms with Crippen LogP contribution in [0.25, 0.3) is 0 Å². The minimum absolute atomic E-state index is 0.143. The molecular formula is C64H111O11P. The number of unbranched alkanes of at least 4 members (excludes halogenated alkanes) is 25. The smallest absolute Gasteiger partial charge is 0.462 e. The summed E-state index contributed by atoms with van der Waals surface area (Å²) in [4.78, 5) is 48.6. The molecule has 3 unspecified atom stereocenters. The fraction of sp³-hybridized carbons (Fsp3) is 0.734. The van der Waals surface area contributed by atoms with E-state index in [0.29, 0.717) is 19.3 Å². The van der Waals surface area contributed by atoms with Crippen LogP contribution in [0.3, 0.4) is 0 Å². The van der Waals surface area contributed by atoms with Gasteiger partial charge in [-0.2, -0.15) is 0 Å². The lowest BCUT2D eigenvalue weighted by Crippen LogP contribution is -2.30. The van der Waals surface area contributed by atoms with Gasteiger partial charge in [0.15, 0.2) is 6.10 Å². The van der Waals surface area contributed by atoms with Gasteiger partial charge in [-0.15, -0.1) is 0 Å². The molecule has 0 saturated carbocycles. The summed E-state index contributed by atoms with van der Waals surface area (Å²) in [5.41, 5.74) is 0. The summed E-state index contributed by atoms with van der Waals surface area (Å²) in [5.74, 6) is -1.51. The van der Waals surface area contributed by atoms with Crippen molar-refractivity contribution in [3.05, 3.63) is 85.1 Å². The summed E-state index contributed by atoms with van der Waals surface area (Å²) in [7, 11) is -4.76. The number of aliphatic hydroxyl groups excluding tert-OH is 1. The molecule has 0 aromatic heterocycles. The third-order valence-electron chi connectivity index (χ3n) is 12.8. The number of carbonyl (C=O) groups is 3. The first-order valence-electron chi connectivity index (χ1n) is 30.5. The van der Waals surface area contributed by atoms with Gasteiger partial charge in [-0.05, 0) is 89.9 Å². The number of phosphoric acid groups is 1. The van der Waals surface area contributed by atoms with E-state index in [1.807, 2.05) is 0 Å². The molecule has 3 atom stereocenters. The van der Waals surface area contributed by atoms with Crippen molar-refractivity contribution in [3.8, 4) is 0 Å². The summed E-state index contributed by atoms with van der Waals surface area (Å²) < 4.78 is 39.6. The lowest BCUT2D eigenvalue weighted by molar-refractivity contribution is -0.161. The molecule has 0 spiro atoms. The molecule has 0 heterocycles. The topological polar surface area (TPSA) is 155 Å². The number of aliphatic hydroxyl groups is 1. The first-order chi connectivity index (χ1) is 37.2. The Hall–Kier alpha value is -3.34. The van der Waals surface area contributed by atoms with Crippen molar-refractivity contribution in [1.82, 2.24) is 0 Å². The third kappa shape index (κ3) is 55.4. The van der Waals surface area contributed by atoms with Gasteiger partial charge in [-0.3, -0.25) is 23.4 Å². The van der Waals surface area contributed by atoms with Crippen LogP contribution in [0.1, 0.15) is 265 Å². The van der Waals surface area contributed by atoms with Crippen LogP contribution >= 0.6 is 7.82 Å². The molecule has 0 amide bonds. The highest BCUT2D eigenvalue weighted by atomic mass is 31.2. The number of hydrogen-bond acceptors (Lipinski definition) is 10. The molecule has 0 aromatic rings. The zero-order valence-electron chi connectivity index (χ0n) is 48.5. The summed E-state index contributed by atoms with van der Waals surface area (Å²) in [6, 6.07) is 0. The standard InChI is InChI=1S/C64H111O11P/c1-4-7-10-13-16-19-22-25-27-29-30-32-34-37-40-43-46-49-52-55-64(68)75-61(57-71-62(66)53-50-47-44-41-38-35-24-21-18-15-12-9-6-3)59-73-76(69,70)72-58-60(56-65)74-63(67)54-51-48-45-42-39-36-33-31-28-26-23-20-17-14-11-8-5-2/h7,9-10,12,16,18-19,21,25,27,30,32,35,38,60-61,65H,4-6,8,11,13-15,17,20,22-24,26,28-29,31,33-34,36-37,39-59H2,1-3H3,(H,69,70)/b10-7-,12-9-,19-16-,21-18-,27-25-,32-30-,38-35-. The van der Waals surface area contributed by atoms with E-state index in [2.05, 4.69) is 106 Å². The predicted molar refractivity (Wildman–Crippen MR) is 316 cm³/mol. The second kappa shape index (κ2) is 57.8. The Morgan fingerprint density at radius 2 is 0.684 bits per heavy atom. The Labute approximate surface area is 464 Å². The molecular weight excluding hydrogens is 976 g/mol. The highest BCUT2D eigenvalue weighted by Gasteiger charge is 2.28. The van der Waals surface area contributed by atoms with Crippen LogP contribution in [-0.4, -0.2) is 66.5 Å². The molecule has 0 bridgehead atoms. The van der Waals surface area contributed by atoms with Crippen molar-refractivity contribution in [1.29, 1.82) is 0 Å². The maximum atomic E-state index is 12.9. The SMILES string of the molecule is CC/C=C\C/C=C\C/C=C\C/C=C\CCCCCCCCC(=O)OC(COC(=O)CCCCC/C=C\C/C=C\C/C=C\CC)COP(=O)(O)OCC(CO)OC(=O)CCCCCCCCCCCCCCCCCCC. The fourth-order valence-corrected chi connectivity index (χ4v) is 9.03.